The van der Waals surface area contributed by atoms with Gasteiger partial charge in [0, 0.05) is 0 Å². The highest BCUT2D eigenvalue weighted by atomic mass is 19.4. The number of nitrogens with one attached hydrogen (secondary N) is 1. The van der Waals surface area contributed by atoms with Crippen molar-refractivity contribution >= 4 is 5.91 Å². The van der Waals surface area contributed by atoms with Crippen LogP contribution in [-0.4, -0.2) is 29.3 Å². The minimum absolute atomic E-state index is 1.04. The molecule has 1 amide bonds. The Kier molecular flexibility index (Phi) is 3.09. The lowest BCUT2D eigenvalue weighted by molar-refractivity contribution is -0.148. The smallest absolute Gasteiger partial charge is 0.381 e. The van der Waals surface area contributed by atoms with Crippen LogP contribution in [0.15, 0.2) is 0 Å². The molecule has 0 fully saturated rings. The zero-order chi connectivity index (χ0) is 9.99. The maximum absolute atomic E-state index is 11.5. The number of rotatable bonds is 2. The van der Waals surface area contributed by atoms with Gasteiger partial charge < -0.3 is 10.4 Å². The van der Waals surface area contributed by atoms with Crippen molar-refractivity contribution in [2.24, 2.45) is 0 Å². The first-order valence-corrected chi connectivity index (χ1v) is 3.20. The molecule has 0 saturated carbocycles. The van der Waals surface area contributed by atoms with Crippen LogP contribution in [0.2, 0.25) is 0 Å². The molecule has 6 heteroatoms. The highest BCUT2D eigenvalue weighted by molar-refractivity contribution is 5.83. The van der Waals surface area contributed by atoms with E-state index in [2.05, 4.69) is 0 Å². The summed E-state index contributed by atoms with van der Waals surface area (Å²) in [7, 11) is 0. The molecule has 0 aliphatic rings. The van der Waals surface area contributed by atoms with Crippen LogP contribution in [0.25, 0.3) is 0 Å². The summed E-state index contributed by atoms with van der Waals surface area (Å²) in [4.78, 5) is 10.7. The molecule has 0 aromatic heterocycles. The van der Waals surface area contributed by atoms with Gasteiger partial charge in [0.15, 0.2) is 0 Å². The number of halogens is 3. The van der Waals surface area contributed by atoms with Gasteiger partial charge in [-0.05, 0) is 13.8 Å². The summed E-state index contributed by atoms with van der Waals surface area (Å²) in [5.41, 5.74) is -1.77. The molecule has 0 aliphatic heterocycles. The number of hydrogen-bond donors (Lipinski definition) is 2. The fourth-order valence-electron chi connectivity index (χ4n) is 0.397. The molecule has 0 atom stereocenters. The molecule has 0 aromatic carbocycles. The third-order valence-corrected chi connectivity index (χ3v) is 1.01. The summed E-state index contributed by atoms with van der Waals surface area (Å²) in [6.07, 6.45) is -4.44. The van der Waals surface area contributed by atoms with Crippen LogP contribution >= 0.6 is 0 Å². The molecule has 0 aliphatic carbocycles. The second-order valence-electron chi connectivity index (χ2n) is 2.86. The van der Waals surface area contributed by atoms with Crippen LogP contribution in [0.4, 0.5) is 13.2 Å². The molecule has 0 bridgehead atoms. The zero-order valence-corrected chi connectivity index (χ0v) is 6.70. The fourth-order valence-corrected chi connectivity index (χ4v) is 0.397. The Hall–Kier alpha value is -0.780. The van der Waals surface area contributed by atoms with Gasteiger partial charge in [0.1, 0.15) is 12.1 Å². The van der Waals surface area contributed by atoms with E-state index in [1.54, 1.807) is 5.32 Å². The molecule has 12 heavy (non-hydrogen) atoms. The molecular weight excluding hydrogens is 175 g/mol. The van der Waals surface area contributed by atoms with Crippen LogP contribution in [0.1, 0.15) is 13.8 Å². The molecule has 0 heterocycles. The van der Waals surface area contributed by atoms with Gasteiger partial charge in [-0.1, -0.05) is 0 Å². The van der Waals surface area contributed by atoms with Crippen molar-refractivity contribution < 1.29 is 23.1 Å². The van der Waals surface area contributed by atoms with Crippen LogP contribution in [-0.2, 0) is 4.79 Å². The van der Waals surface area contributed by atoms with Crippen molar-refractivity contribution in [3.63, 3.8) is 0 Å². The predicted octanol–water partition coefficient (Wildman–Crippen LogP) is 0.436. The van der Waals surface area contributed by atoms with E-state index >= 15 is 0 Å². The molecule has 3 nitrogen and oxygen atoms in total. The molecule has 0 rings (SSSR count). The topological polar surface area (TPSA) is 49.3 Å². The molecule has 0 saturated heterocycles. The van der Waals surface area contributed by atoms with E-state index in [0.29, 0.717) is 0 Å². The van der Waals surface area contributed by atoms with Gasteiger partial charge in [-0.3, -0.25) is 4.79 Å². The second-order valence-corrected chi connectivity index (χ2v) is 2.86. The van der Waals surface area contributed by atoms with Crippen LogP contribution in [0.5, 0.6) is 0 Å². The Morgan fingerprint density at radius 2 is 1.83 bits per heavy atom. The van der Waals surface area contributed by atoms with Crippen molar-refractivity contribution in [1.29, 1.82) is 0 Å². The number of carbonyl (C=O) groups is 1. The van der Waals surface area contributed by atoms with Gasteiger partial charge >= 0.3 is 6.18 Å². The number of hydrogen-bond acceptors (Lipinski definition) is 2. The van der Waals surface area contributed by atoms with Gasteiger partial charge in [-0.25, -0.2) is 0 Å². The Labute approximate surface area is 67.6 Å². The number of alkyl halides is 3. The maximum atomic E-state index is 11.5. The van der Waals surface area contributed by atoms with Crippen molar-refractivity contribution in [3.8, 4) is 0 Å². The molecule has 0 unspecified atom stereocenters. The maximum Gasteiger partial charge on any atom is 0.405 e. The lowest BCUT2D eigenvalue weighted by atomic mass is 10.1. The van der Waals surface area contributed by atoms with Gasteiger partial charge in [-0.2, -0.15) is 13.2 Å². The van der Waals surface area contributed by atoms with Crippen LogP contribution in [0, 0.1) is 0 Å². The summed E-state index contributed by atoms with van der Waals surface area (Å²) in [5, 5.41) is 10.5. The Balaban J connectivity index is 3.90. The van der Waals surface area contributed by atoms with Gasteiger partial charge in [0.2, 0.25) is 0 Å². The number of aliphatic hydroxyl groups is 1. The van der Waals surface area contributed by atoms with E-state index in [4.69, 9.17) is 5.11 Å². The number of carbonyl (C=O) groups excluding carboxylic acids is 1. The van der Waals surface area contributed by atoms with E-state index in [-0.39, 0.29) is 0 Å². The average Bonchev–Trinajstić information content (AvgIpc) is 1.78. The summed E-state index contributed by atoms with van der Waals surface area (Å²) in [6, 6.07) is 0. The van der Waals surface area contributed by atoms with E-state index < -0.39 is 24.2 Å². The fraction of sp³-hybridized carbons (Fsp3) is 0.833. The molecule has 72 valence electrons. The first-order valence-electron chi connectivity index (χ1n) is 3.20. The summed E-state index contributed by atoms with van der Waals surface area (Å²) in [6.45, 7) is 0.799. The first kappa shape index (κ1) is 11.2. The van der Waals surface area contributed by atoms with Gasteiger partial charge in [0.05, 0.1) is 0 Å². The molecule has 2 N–H and O–H groups in total. The lowest BCUT2D eigenvalue weighted by Crippen LogP contribution is -2.45. The standard InChI is InChI=1S/C6H10F3NO2/c1-5(2,12)4(11)10-3-6(7,8)9/h12H,3H2,1-2H3,(H,10,11). The number of amides is 1. The first-order chi connectivity index (χ1) is 5.13. The van der Waals surface area contributed by atoms with Crippen molar-refractivity contribution in [2.75, 3.05) is 6.54 Å². The van der Waals surface area contributed by atoms with E-state index in [1.165, 1.54) is 0 Å². The van der Waals surface area contributed by atoms with E-state index in [1.807, 2.05) is 0 Å². The van der Waals surface area contributed by atoms with Crippen LogP contribution < -0.4 is 5.32 Å². The Bertz CT molecular complexity index is 171. The minimum atomic E-state index is -4.44. The second kappa shape index (κ2) is 3.30. The third kappa shape index (κ3) is 4.95. The molecular formula is C6H10F3NO2. The van der Waals surface area contributed by atoms with Crippen LogP contribution in [0.3, 0.4) is 0 Å². The minimum Gasteiger partial charge on any atom is -0.381 e. The molecule has 0 radical (unpaired) electrons. The van der Waals surface area contributed by atoms with Crippen molar-refractivity contribution in [1.82, 2.24) is 5.32 Å². The highest BCUT2D eigenvalue weighted by Gasteiger charge is 2.31. The SMILES string of the molecule is CC(C)(O)C(=O)NCC(F)(F)F. The highest BCUT2D eigenvalue weighted by Crippen LogP contribution is 2.12. The normalized spacial score (nSPS) is 12.8. The molecule has 0 spiro atoms. The van der Waals surface area contributed by atoms with Gasteiger partial charge in [-0.15, -0.1) is 0 Å². The summed E-state index contributed by atoms with van der Waals surface area (Å²) < 4.78 is 34.5. The summed E-state index contributed by atoms with van der Waals surface area (Å²) >= 11 is 0. The zero-order valence-electron chi connectivity index (χ0n) is 6.70. The predicted molar refractivity (Wildman–Crippen MR) is 35.4 cm³/mol. The van der Waals surface area contributed by atoms with E-state index in [0.717, 1.165) is 13.8 Å². The van der Waals surface area contributed by atoms with Gasteiger partial charge in [0.25, 0.3) is 5.91 Å². The van der Waals surface area contributed by atoms with Crippen molar-refractivity contribution in [3.05, 3.63) is 0 Å². The third-order valence-electron chi connectivity index (χ3n) is 1.01. The molecule has 0 aromatic rings. The summed E-state index contributed by atoms with van der Waals surface area (Å²) in [5.74, 6) is -1.04. The Morgan fingerprint density at radius 1 is 1.42 bits per heavy atom. The van der Waals surface area contributed by atoms with Crippen molar-refractivity contribution in [2.45, 2.75) is 25.6 Å². The quantitative estimate of drug-likeness (QED) is 0.655. The average molecular weight is 185 g/mol. The largest absolute Gasteiger partial charge is 0.405 e. The van der Waals surface area contributed by atoms with E-state index in [9.17, 15) is 18.0 Å². The Morgan fingerprint density at radius 3 is 2.08 bits per heavy atom. The monoisotopic (exact) mass is 185 g/mol. The lowest BCUT2D eigenvalue weighted by Gasteiger charge is -2.17.